The normalized spacial score (nSPS) is 23.4. The van der Waals surface area contributed by atoms with E-state index in [-0.39, 0.29) is 13.2 Å². The van der Waals surface area contributed by atoms with Gasteiger partial charge < -0.3 is 23.7 Å². The number of carbonyl (C=O) groups is 3. The zero-order chi connectivity index (χ0) is 27.5. The largest absolute Gasteiger partial charge is 0.463 e. The van der Waals surface area contributed by atoms with E-state index in [2.05, 4.69) is 6.92 Å². The molecular weight excluding hydrogens is 483 g/mol. The van der Waals surface area contributed by atoms with Crippen LogP contribution in [0, 0.1) is 0 Å². The molecule has 1 saturated heterocycles. The molecule has 5 atom stereocenters. The van der Waals surface area contributed by atoms with Gasteiger partial charge in [0.05, 0.1) is 0 Å². The third kappa shape index (κ3) is 15.3. The van der Waals surface area contributed by atoms with E-state index in [9.17, 15) is 18.8 Å². The number of hydrogen-bond donors (Lipinski definition) is 0. The van der Waals surface area contributed by atoms with Crippen LogP contribution in [0.25, 0.3) is 0 Å². The van der Waals surface area contributed by atoms with E-state index >= 15 is 0 Å². The molecule has 1 rings (SSSR count). The van der Waals surface area contributed by atoms with E-state index in [0.717, 1.165) is 32.6 Å². The van der Waals surface area contributed by atoms with Crippen LogP contribution in [0.5, 0.6) is 0 Å². The zero-order valence-corrected chi connectivity index (χ0v) is 23.3. The Kier molecular flexibility index (Phi) is 18.2. The fourth-order valence-electron chi connectivity index (χ4n) is 4.56. The van der Waals surface area contributed by atoms with Gasteiger partial charge in [0, 0.05) is 27.4 Å². The summed E-state index contributed by atoms with van der Waals surface area (Å²) in [5.41, 5.74) is 0. The molecule has 0 spiro atoms. The van der Waals surface area contributed by atoms with Gasteiger partial charge in [0.15, 0.2) is 12.2 Å². The topological polar surface area (TPSA) is 97.4 Å². The van der Waals surface area contributed by atoms with Gasteiger partial charge in [0.2, 0.25) is 6.36 Å². The first-order chi connectivity index (χ1) is 17.8. The van der Waals surface area contributed by atoms with E-state index in [4.69, 9.17) is 23.7 Å². The summed E-state index contributed by atoms with van der Waals surface area (Å²) in [6.45, 7) is 5.78. The number of rotatable bonds is 20. The first-order valence-electron chi connectivity index (χ1n) is 14.1. The molecule has 0 amide bonds. The van der Waals surface area contributed by atoms with Gasteiger partial charge in [-0.15, -0.1) is 0 Å². The Hall–Kier alpha value is -1.74. The van der Waals surface area contributed by atoms with Crippen molar-refractivity contribution >= 4 is 17.9 Å². The van der Waals surface area contributed by atoms with E-state index in [1.807, 2.05) is 0 Å². The molecule has 0 radical (unpaired) electrons. The summed E-state index contributed by atoms with van der Waals surface area (Å²) in [5.74, 6) is -1.92. The van der Waals surface area contributed by atoms with Gasteiger partial charge in [-0.2, -0.15) is 0 Å². The molecule has 8 nitrogen and oxygen atoms in total. The van der Waals surface area contributed by atoms with Crippen molar-refractivity contribution in [3.8, 4) is 0 Å². The number of unbranched alkanes of at least 4 members (excludes halogenated alkanes) is 13. The highest BCUT2D eigenvalue weighted by atomic mass is 19.1. The number of halogens is 1. The monoisotopic (exact) mass is 532 g/mol. The van der Waals surface area contributed by atoms with Crippen LogP contribution in [0.1, 0.15) is 118 Å². The highest BCUT2D eigenvalue weighted by molar-refractivity contribution is 5.67. The Balaban J connectivity index is 2.41. The first-order valence-corrected chi connectivity index (χ1v) is 14.1. The van der Waals surface area contributed by atoms with Crippen LogP contribution in [0.4, 0.5) is 4.39 Å². The highest BCUT2D eigenvalue weighted by Gasteiger charge is 2.51. The van der Waals surface area contributed by atoms with Crippen molar-refractivity contribution in [2.24, 2.45) is 0 Å². The van der Waals surface area contributed by atoms with Crippen LogP contribution in [0.2, 0.25) is 0 Å². The molecular formula is C28H49FO8. The molecule has 216 valence electrons. The second-order valence-electron chi connectivity index (χ2n) is 9.91. The number of esters is 3. The highest BCUT2D eigenvalue weighted by Crippen LogP contribution is 2.30. The molecule has 0 aliphatic carbocycles. The van der Waals surface area contributed by atoms with Crippen LogP contribution in [-0.2, 0) is 38.1 Å². The van der Waals surface area contributed by atoms with Crippen molar-refractivity contribution < 1.29 is 42.5 Å². The summed E-state index contributed by atoms with van der Waals surface area (Å²) in [4.78, 5) is 34.5. The Morgan fingerprint density at radius 1 is 0.649 bits per heavy atom. The number of carbonyl (C=O) groups excluding carboxylic acids is 3. The summed E-state index contributed by atoms with van der Waals surface area (Å²) in [7, 11) is 0. The average molecular weight is 533 g/mol. The van der Waals surface area contributed by atoms with Crippen molar-refractivity contribution in [2.75, 3.05) is 13.2 Å². The Bertz CT molecular complexity index is 644. The lowest BCUT2D eigenvalue weighted by atomic mass is 9.98. The predicted octanol–water partition coefficient (Wildman–Crippen LogP) is 5.97. The molecule has 0 aromatic carbocycles. The van der Waals surface area contributed by atoms with E-state index in [1.54, 1.807) is 0 Å². The van der Waals surface area contributed by atoms with E-state index in [1.165, 1.54) is 78.1 Å². The van der Waals surface area contributed by atoms with Crippen molar-refractivity contribution in [1.29, 1.82) is 0 Å². The van der Waals surface area contributed by atoms with Gasteiger partial charge in [-0.05, 0) is 6.42 Å². The zero-order valence-electron chi connectivity index (χ0n) is 23.3. The van der Waals surface area contributed by atoms with Crippen LogP contribution in [0.15, 0.2) is 0 Å². The molecule has 0 unspecified atom stereocenters. The van der Waals surface area contributed by atoms with Gasteiger partial charge in [0.1, 0.15) is 18.8 Å². The third-order valence-corrected chi connectivity index (χ3v) is 6.44. The van der Waals surface area contributed by atoms with Gasteiger partial charge in [-0.25, -0.2) is 4.39 Å². The van der Waals surface area contributed by atoms with Gasteiger partial charge in [0.25, 0.3) is 0 Å². The maximum absolute atomic E-state index is 14.8. The maximum atomic E-state index is 14.8. The molecule has 1 fully saturated rings. The van der Waals surface area contributed by atoms with Crippen LogP contribution in [-0.4, -0.2) is 61.9 Å². The maximum Gasteiger partial charge on any atom is 0.303 e. The van der Waals surface area contributed by atoms with Crippen molar-refractivity contribution in [3.05, 3.63) is 0 Å². The third-order valence-electron chi connectivity index (χ3n) is 6.44. The van der Waals surface area contributed by atoms with E-state index in [0.29, 0.717) is 0 Å². The molecule has 1 aliphatic rings. The summed E-state index contributed by atoms with van der Waals surface area (Å²) in [5, 5.41) is 0. The molecule has 1 heterocycles. The fraction of sp³-hybridized carbons (Fsp3) is 0.893. The lowest BCUT2D eigenvalue weighted by Gasteiger charge is -2.42. The quantitative estimate of drug-likeness (QED) is 0.107. The fourth-order valence-corrected chi connectivity index (χ4v) is 4.56. The Labute approximate surface area is 222 Å². The lowest BCUT2D eigenvalue weighted by Crippen LogP contribution is -2.61. The molecule has 0 aromatic heterocycles. The molecule has 0 bridgehead atoms. The SMILES string of the molecule is CCCCCCCCCCCCCCCCO[C@@H]1[C@@H](OC(C)=O)[C@@H](F)O[C@H](COC(C)=O)[C@H]1OC(C)=O. The summed E-state index contributed by atoms with van der Waals surface area (Å²) in [6, 6.07) is 0. The molecule has 9 heteroatoms. The van der Waals surface area contributed by atoms with Crippen molar-refractivity contribution in [1.82, 2.24) is 0 Å². The number of hydrogen-bond acceptors (Lipinski definition) is 8. The summed E-state index contributed by atoms with van der Waals surface area (Å²) in [6.07, 6.45) is 10.4. The minimum Gasteiger partial charge on any atom is -0.463 e. The predicted molar refractivity (Wildman–Crippen MR) is 138 cm³/mol. The smallest absolute Gasteiger partial charge is 0.303 e. The van der Waals surface area contributed by atoms with Gasteiger partial charge in [-0.1, -0.05) is 90.4 Å². The molecule has 0 N–H and O–H groups in total. The Morgan fingerprint density at radius 3 is 1.57 bits per heavy atom. The van der Waals surface area contributed by atoms with Crippen LogP contribution < -0.4 is 0 Å². The van der Waals surface area contributed by atoms with Crippen LogP contribution >= 0.6 is 0 Å². The molecule has 1 aliphatic heterocycles. The van der Waals surface area contributed by atoms with Crippen molar-refractivity contribution in [2.45, 2.75) is 148 Å². The average Bonchev–Trinajstić information content (AvgIpc) is 2.83. The number of ether oxygens (including phenoxy) is 5. The minimum absolute atomic E-state index is 0.283. The second kappa shape index (κ2) is 20.3. The van der Waals surface area contributed by atoms with E-state index < -0.39 is 48.7 Å². The first kappa shape index (κ1) is 33.3. The van der Waals surface area contributed by atoms with Crippen molar-refractivity contribution in [3.63, 3.8) is 0 Å². The van der Waals surface area contributed by atoms with Crippen LogP contribution in [0.3, 0.4) is 0 Å². The van der Waals surface area contributed by atoms with Gasteiger partial charge in [-0.3, -0.25) is 14.4 Å². The summed E-state index contributed by atoms with van der Waals surface area (Å²) >= 11 is 0. The minimum atomic E-state index is -2.02. The summed E-state index contributed by atoms with van der Waals surface area (Å²) < 4.78 is 41.3. The number of alkyl halides is 1. The standard InChI is InChI=1S/C28H49FO8/c1-5-6-7-8-9-10-11-12-13-14-15-16-17-18-19-33-26-25(35-22(3)31)24(20-34-21(2)30)37-28(29)27(26)36-23(4)32/h24-28H,5-20H2,1-4H3/t24-,25-,26+,27-,28+/m1/s1. The molecule has 0 saturated carbocycles. The van der Waals surface area contributed by atoms with Gasteiger partial charge >= 0.3 is 17.9 Å². The molecule has 37 heavy (non-hydrogen) atoms. The Morgan fingerprint density at radius 2 is 1.11 bits per heavy atom. The second-order valence-corrected chi connectivity index (χ2v) is 9.91. The lowest BCUT2D eigenvalue weighted by molar-refractivity contribution is -0.281. The molecule has 0 aromatic rings.